The van der Waals surface area contributed by atoms with Gasteiger partial charge < -0.3 is 0 Å². The third-order valence-electron chi connectivity index (χ3n) is 4.97. The molecule has 0 fully saturated rings. The predicted molar refractivity (Wildman–Crippen MR) is 107 cm³/mol. The van der Waals surface area contributed by atoms with Gasteiger partial charge in [-0.2, -0.15) is 0 Å². The van der Waals surface area contributed by atoms with Crippen LogP contribution in [0.15, 0.2) is 72.8 Å². The molecule has 0 aliphatic carbocycles. The molecular weight excluding hydrogens is 395 g/mol. The summed E-state index contributed by atoms with van der Waals surface area (Å²) in [6, 6.07) is 19.8. The van der Waals surface area contributed by atoms with Gasteiger partial charge in [0.05, 0.1) is 0 Å². The van der Waals surface area contributed by atoms with Crippen molar-refractivity contribution in [1.82, 2.24) is 0 Å². The Kier molecular flexibility index (Phi) is 5.12. The van der Waals surface area contributed by atoms with Gasteiger partial charge in [0.25, 0.3) is 0 Å². The highest BCUT2D eigenvalue weighted by atomic mass is 19.2. The molecule has 30 heavy (non-hydrogen) atoms. The summed E-state index contributed by atoms with van der Waals surface area (Å²) in [4.78, 5) is 0. The minimum atomic E-state index is -1.97. The molecule has 0 unspecified atom stereocenters. The van der Waals surface area contributed by atoms with Crippen LogP contribution in [0.2, 0.25) is 0 Å². The second-order valence-electron chi connectivity index (χ2n) is 6.99. The highest BCUT2D eigenvalue weighted by Gasteiger charge is 2.21. The van der Waals surface area contributed by atoms with Crippen molar-refractivity contribution in [1.29, 1.82) is 0 Å². The molecule has 5 heteroatoms. The number of aryl methyl sites for hydroxylation is 1. The molecule has 150 valence electrons. The van der Waals surface area contributed by atoms with E-state index in [4.69, 9.17) is 0 Å². The largest absolute Gasteiger partial charge is 0.206 e. The summed E-state index contributed by atoms with van der Waals surface area (Å²) in [7, 11) is 0. The van der Waals surface area contributed by atoms with Crippen LogP contribution in [0.3, 0.4) is 0 Å². The fourth-order valence-electron chi connectivity index (χ4n) is 3.28. The molecule has 0 spiro atoms. The van der Waals surface area contributed by atoms with E-state index in [1.54, 1.807) is 0 Å². The highest BCUT2D eigenvalue weighted by Crippen LogP contribution is 2.33. The molecule has 0 aromatic heterocycles. The van der Waals surface area contributed by atoms with E-state index in [2.05, 4.69) is 0 Å². The maximum absolute atomic E-state index is 14.6. The molecular formula is C25H15F5. The summed E-state index contributed by atoms with van der Waals surface area (Å²) in [5.41, 5.74) is 3.39. The highest BCUT2D eigenvalue weighted by molar-refractivity contribution is 5.74. The Morgan fingerprint density at radius 1 is 0.433 bits per heavy atom. The quantitative estimate of drug-likeness (QED) is 0.184. The zero-order chi connectivity index (χ0) is 21.4. The minimum Gasteiger partial charge on any atom is -0.206 e. The average molecular weight is 410 g/mol. The van der Waals surface area contributed by atoms with E-state index in [-0.39, 0.29) is 5.56 Å². The SMILES string of the molecule is Cc1ccc(-c2ccc(-c3ccc(-c4cc(F)c(F)c(F)c4F)c(F)c3)cc2)cc1. The first-order chi connectivity index (χ1) is 14.3. The number of hydrogen-bond donors (Lipinski definition) is 0. The van der Waals surface area contributed by atoms with Crippen molar-refractivity contribution in [2.75, 3.05) is 0 Å². The Bertz CT molecular complexity index is 1230. The molecule has 0 heterocycles. The van der Waals surface area contributed by atoms with Gasteiger partial charge in [-0.3, -0.25) is 0 Å². The van der Waals surface area contributed by atoms with Gasteiger partial charge in [0.15, 0.2) is 23.3 Å². The smallest absolute Gasteiger partial charge is 0.198 e. The zero-order valence-corrected chi connectivity index (χ0v) is 15.8. The molecule has 0 saturated heterocycles. The van der Waals surface area contributed by atoms with Gasteiger partial charge in [-0.1, -0.05) is 66.2 Å². The Hall–Kier alpha value is -3.47. The number of rotatable bonds is 3. The van der Waals surface area contributed by atoms with E-state index >= 15 is 0 Å². The van der Waals surface area contributed by atoms with Crippen molar-refractivity contribution >= 4 is 0 Å². The molecule has 0 aliphatic rings. The van der Waals surface area contributed by atoms with Crippen LogP contribution in [0, 0.1) is 36.0 Å². The van der Waals surface area contributed by atoms with Crippen molar-refractivity contribution in [2.45, 2.75) is 6.92 Å². The van der Waals surface area contributed by atoms with Gasteiger partial charge in [0.2, 0.25) is 0 Å². The van der Waals surface area contributed by atoms with E-state index in [0.717, 1.165) is 22.8 Å². The van der Waals surface area contributed by atoms with Crippen LogP contribution >= 0.6 is 0 Å². The van der Waals surface area contributed by atoms with E-state index in [0.29, 0.717) is 17.2 Å². The fraction of sp³-hybridized carbons (Fsp3) is 0.0400. The lowest BCUT2D eigenvalue weighted by Crippen LogP contribution is -1.99. The van der Waals surface area contributed by atoms with Gasteiger partial charge in [0.1, 0.15) is 5.82 Å². The van der Waals surface area contributed by atoms with Crippen molar-refractivity contribution in [3.63, 3.8) is 0 Å². The van der Waals surface area contributed by atoms with Crippen LogP contribution in [0.5, 0.6) is 0 Å². The van der Waals surface area contributed by atoms with E-state index in [9.17, 15) is 22.0 Å². The average Bonchev–Trinajstić information content (AvgIpc) is 2.76. The lowest BCUT2D eigenvalue weighted by atomic mass is 9.97. The Morgan fingerprint density at radius 2 is 0.933 bits per heavy atom. The standard InChI is InChI=1S/C25H15F5/c1-14-2-4-15(5-3-14)16-6-8-17(9-7-16)18-10-11-19(21(26)12-18)20-13-22(27)24(29)25(30)23(20)28/h2-13H,1H3. The molecule has 0 amide bonds. The lowest BCUT2D eigenvalue weighted by Gasteiger charge is -2.10. The van der Waals surface area contributed by atoms with Gasteiger partial charge >= 0.3 is 0 Å². The third kappa shape index (κ3) is 3.59. The summed E-state index contributed by atoms with van der Waals surface area (Å²) in [5, 5.41) is 0. The Labute approximate surface area is 170 Å². The van der Waals surface area contributed by atoms with Crippen LogP contribution in [-0.2, 0) is 0 Å². The first-order valence-corrected chi connectivity index (χ1v) is 9.15. The van der Waals surface area contributed by atoms with Crippen LogP contribution in [-0.4, -0.2) is 0 Å². The predicted octanol–water partition coefficient (Wildman–Crippen LogP) is 7.69. The molecule has 0 bridgehead atoms. The number of halogens is 5. The van der Waals surface area contributed by atoms with Crippen LogP contribution in [0.4, 0.5) is 22.0 Å². The molecule has 0 N–H and O–H groups in total. The third-order valence-corrected chi connectivity index (χ3v) is 4.97. The van der Waals surface area contributed by atoms with Crippen LogP contribution < -0.4 is 0 Å². The number of benzene rings is 4. The zero-order valence-electron chi connectivity index (χ0n) is 15.8. The van der Waals surface area contributed by atoms with E-state index in [1.165, 1.54) is 12.1 Å². The second kappa shape index (κ2) is 7.75. The summed E-state index contributed by atoms with van der Waals surface area (Å²) >= 11 is 0. The first-order valence-electron chi connectivity index (χ1n) is 9.15. The molecule has 0 saturated carbocycles. The van der Waals surface area contributed by atoms with Crippen LogP contribution in [0.25, 0.3) is 33.4 Å². The summed E-state index contributed by atoms with van der Waals surface area (Å²) in [6.07, 6.45) is 0. The van der Waals surface area contributed by atoms with Gasteiger partial charge in [-0.15, -0.1) is 0 Å². The normalized spacial score (nSPS) is 11.0. The molecule has 0 radical (unpaired) electrons. The second-order valence-corrected chi connectivity index (χ2v) is 6.99. The van der Waals surface area contributed by atoms with E-state index < -0.39 is 34.6 Å². The van der Waals surface area contributed by atoms with Crippen molar-refractivity contribution in [2.24, 2.45) is 0 Å². The molecule has 4 rings (SSSR count). The summed E-state index contributed by atoms with van der Waals surface area (Å²) < 4.78 is 68.8. The molecule has 4 aromatic rings. The van der Waals surface area contributed by atoms with Gasteiger partial charge in [-0.25, -0.2) is 22.0 Å². The summed E-state index contributed by atoms with van der Waals surface area (Å²) in [5.74, 6) is -8.00. The molecule has 0 atom stereocenters. The van der Waals surface area contributed by atoms with Gasteiger partial charge in [-0.05, 0) is 41.3 Å². The first kappa shape index (κ1) is 19.8. The topological polar surface area (TPSA) is 0 Å². The maximum atomic E-state index is 14.6. The Balaban J connectivity index is 1.68. The molecule has 0 aliphatic heterocycles. The fourth-order valence-corrected chi connectivity index (χ4v) is 3.28. The molecule has 0 nitrogen and oxygen atoms in total. The van der Waals surface area contributed by atoms with Crippen molar-refractivity contribution < 1.29 is 22.0 Å². The number of hydrogen-bond acceptors (Lipinski definition) is 0. The maximum Gasteiger partial charge on any atom is 0.198 e. The van der Waals surface area contributed by atoms with Crippen molar-refractivity contribution in [3.05, 3.63) is 107 Å². The monoisotopic (exact) mass is 410 g/mol. The minimum absolute atomic E-state index is 0.356. The molecule has 4 aromatic carbocycles. The van der Waals surface area contributed by atoms with Gasteiger partial charge in [0, 0.05) is 11.1 Å². The van der Waals surface area contributed by atoms with Crippen molar-refractivity contribution in [3.8, 4) is 33.4 Å². The van der Waals surface area contributed by atoms with E-state index in [1.807, 2.05) is 55.5 Å². The lowest BCUT2D eigenvalue weighted by molar-refractivity contribution is 0.410. The Morgan fingerprint density at radius 3 is 1.50 bits per heavy atom. The summed E-state index contributed by atoms with van der Waals surface area (Å²) in [6.45, 7) is 2.01. The van der Waals surface area contributed by atoms with Crippen LogP contribution in [0.1, 0.15) is 5.56 Å².